The fraction of sp³-hybridized carbons (Fsp3) is 0.333. The van der Waals surface area contributed by atoms with Crippen LogP contribution in [-0.4, -0.2) is 23.9 Å². The summed E-state index contributed by atoms with van der Waals surface area (Å²) >= 11 is 0. The highest BCUT2D eigenvalue weighted by Gasteiger charge is 2.50. The SMILES string of the molecule is C=COC(=O)C1CC(C(=O)OC=C)C(C(=O)OC=C)CC1C(=O)OC=C. The third-order valence-corrected chi connectivity index (χ3v) is 4.00. The van der Waals surface area contributed by atoms with Crippen molar-refractivity contribution in [3.63, 3.8) is 0 Å². The number of ether oxygens (including phenoxy) is 4. The number of rotatable bonds is 8. The van der Waals surface area contributed by atoms with E-state index >= 15 is 0 Å². The monoisotopic (exact) mass is 364 g/mol. The van der Waals surface area contributed by atoms with E-state index in [-0.39, 0.29) is 12.8 Å². The summed E-state index contributed by atoms with van der Waals surface area (Å²) in [5, 5.41) is 0. The first kappa shape index (κ1) is 20.9. The predicted molar refractivity (Wildman–Crippen MR) is 88.4 cm³/mol. The molecule has 26 heavy (non-hydrogen) atoms. The van der Waals surface area contributed by atoms with Gasteiger partial charge in [-0.25, -0.2) is 0 Å². The molecule has 1 fully saturated rings. The van der Waals surface area contributed by atoms with Gasteiger partial charge in [0.25, 0.3) is 0 Å². The molecule has 0 aromatic rings. The van der Waals surface area contributed by atoms with E-state index in [9.17, 15) is 19.2 Å². The van der Waals surface area contributed by atoms with Crippen molar-refractivity contribution in [3.05, 3.63) is 51.4 Å². The molecule has 1 saturated carbocycles. The molecule has 0 aliphatic heterocycles. The van der Waals surface area contributed by atoms with Crippen LogP contribution in [0.15, 0.2) is 51.4 Å². The maximum Gasteiger partial charge on any atom is 0.314 e. The van der Waals surface area contributed by atoms with Crippen molar-refractivity contribution in [1.82, 2.24) is 0 Å². The third-order valence-electron chi connectivity index (χ3n) is 4.00. The summed E-state index contributed by atoms with van der Waals surface area (Å²) in [6.45, 7) is 13.1. The van der Waals surface area contributed by atoms with Gasteiger partial charge in [-0.15, -0.1) is 0 Å². The molecule has 4 atom stereocenters. The third kappa shape index (κ3) is 4.92. The first-order valence-electron chi connectivity index (χ1n) is 7.66. The molecule has 0 bridgehead atoms. The molecule has 0 aromatic carbocycles. The van der Waals surface area contributed by atoms with Crippen LogP contribution >= 0.6 is 0 Å². The Morgan fingerprint density at radius 3 is 0.885 bits per heavy atom. The predicted octanol–water partition coefficient (Wildman–Crippen LogP) is 1.99. The Labute approximate surface area is 150 Å². The lowest BCUT2D eigenvalue weighted by molar-refractivity contribution is -0.168. The van der Waals surface area contributed by atoms with Gasteiger partial charge in [0.1, 0.15) is 0 Å². The molecule has 0 spiro atoms. The van der Waals surface area contributed by atoms with Crippen LogP contribution in [0.3, 0.4) is 0 Å². The molecule has 0 radical (unpaired) electrons. The number of hydrogen-bond acceptors (Lipinski definition) is 8. The van der Waals surface area contributed by atoms with Gasteiger partial charge in [-0.05, 0) is 12.8 Å². The van der Waals surface area contributed by atoms with Crippen LogP contribution in [0.25, 0.3) is 0 Å². The minimum Gasteiger partial charge on any atom is -0.435 e. The lowest BCUT2D eigenvalue weighted by Crippen LogP contribution is -2.46. The minimum atomic E-state index is -1.05. The summed E-state index contributed by atoms with van der Waals surface area (Å²) in [5.74, 6) is -7.30. The highest BCUT2D eigenvalue weighted by atomic mass is 16.5. The molecule has 8 nitrogen and oxygen atoms in total. The average molecular weight is 364 g/mol. The quantitative estimate of drug-likeness (QED) is 0.366. The second-order valence-electron chi connectivity index (χ2n) is 5.31. The van der Waals surface area contributed by atoms with Crippen LogP contribution in [0.1, 0.15) is 12.8 Å². The molecule has 0 aromatic heterocycles. The standard InChI is InChI=1S/C18H20O8/c1-5-23-15(19)11-9-13(17(21)25-7-3)14(18(22)26-8-4)10-12(11)16(20)24-6-2/h5-8,11-14H,1-4,9-10H2. The second-order valence-corrected chi connectivity index (χ2v) is 5.31. The zero-order valence-corrected chi connectivity index (χ0v) is 14.1. The Balaban J connectivity index is 3.24. The lowest BCUT2D eigenvalue weighted by Gasteiger charge is -2.36. The van der Waals surface area contributed by atoms with E-state index in [1.165, 1.54) is 0 Å². The van der Waals surface area contributed by atoms with E-state index in [4.69, 9.17) is 18.9 Å². The van der Waals surface area contributed by atoms with Gasteiger partial charge in [0.15, 0.2) is 0 Å². The van der Waals surface area contributed by atoms with Gasteiger partial charge in [0.2, 0.25) is 0 Å². The molecule has 1 aliphatic carbocycles. The van der Waals surface area contributed by atoms with Crippen LogP contribution in [0.5, 0.6) is 0 Å². The topological polar surface area (TPSA) is 105 Å². The smallest absolute Gasteiger partial charge is 0.314 e. The van der Waals surface area contributed by atoms with Crippen LogP contribution in [0.4, 0.5) is 0 Å². The van der Waals surface area contributed by atoms with E-state index < -0.39 is 47.5 Å². The molecule has 0 heterocycles. The van der Waals surface area contributed by atoms with Crippen molar-refractivity contribution in [3.8, 4) is 0 Å². The first-order chi connectivity index (χ1) is 12.4. The minimum absolute atomic E-state index is 0.187. The van der Waals surface area contributed by atoms with Gasteiger partial charge in [-0.2, -0.15) is 0 Å². The molecule has 4 unspecified atom stereocenters. The van der Waals surface area contributed by atoms with E-state index in [0.717, 1.165) is 25.0 Å². The van der Waals surface area contributed by atoms with Crippen LogP contribution < -0.4 is 0 Å². The average Bonchev–Trinajstić information content (AvgIpc) is 2.61. The Morgan fingerprint density at radius 1 is 0.538 bits per heavy atom. The highest BCUT2D eigenvalue weighted by Crippen LogP contribution is 2.41. The highest BCUT2D eigenvalue weighted by molar-refractivity contribution is 5.88. The Hall–Kier alpha value is -3.16. The molecular formula is C18H20O8. The van der Waals surface area contributed by atoms with E-state index in [1.54, 1.807) is 0 Å². The van der Waals surface area contributed by atoms with Gasteiger partial charge in [-0.1, -0.05) is 26.3 Å². The van der Waals surface area contributed by atoms with Crippen molar-refractivity contribution >= 4 is 23.9 Å². The summed E-state index contributed by atoms with van der Waals surface area (Å²) in [7, 11) is 0. The van der Waals surface area contributed by atoms with Gasteiger partial charge >= 0.3 is 23.9 Å². The largest absolute Gasteiger partial charge is 0.435 e. The summed E-state index contributed by atoms with van der Waals surface area (Å²) in [6, 6.07) is 0. The van der Waals surface area contributed by atoms with E-state index in [1.807, 2.05) is 0 Å². The zero-order chi connectivity index (χ0) is 19.7. The van der Waals surface area contributed by atoms with Crippen LogP contribution in [-0.2, 0) is 38.1 Å². The normalized spacial score (nSPS) is 24.3. The fourth-order valence-electron chi connectivity index (χ4n) is 2.92. The van der Waals surface area contributed by atoms with E-state index in [0.29, 0.717) is 0 Å². The second kappa shape index (κ2) is 9.97. The van der Waals surface area contributed by atoms with E-state index in [2.05, 4.69) is 26.3 Å². The Kier molecular flexibility index (Phi) is 8.01. The molecule has 0 amide bonds. The summed E-state index contributed by atoms with van der Waals surface area (Å²) in [6.07, 6.45) is 3.27. The summed E-state index contributed by atoms with van der Waals surface area (Å²) in [4.78, 5) is 48.9. The molecule has 0 N–H and O–H groups in total. The van der Waals surface area contributed by atoms with Crippen molar-refractivity contribution < 1.29 is 38.1 Å². The maximum atomic E-state index is 12.2. The van der Waals surface area contributed by atoms with Crippen molar-refractivity contribution in [2.75, 3.05) is 0 Å². The van der Waals surface area contributed by atoms with Gasteiger partial charge in [0.05, 0.1) is 48.7 Å². The molecule has 0 saturated heterocycles. The van der Waals surface area contributed by atoms with Gasteiger partial charge < -0.3 is 18.9 Å². The number of carbonyl (C=O) groups is 4. The van der Waals surface area contributed by atoms with Gasteiger partial charge in [-0.3, -0.25) is 19.2 Å². The van der Waals surface area contributed by atoms with Crippen molar-refractivity contribution in [2.45, 2.75) is 12.8 Å². The maximum absolute atomic E-state index is 12.2. The molecule has 1 aliphatic rings. The Bertz CT molecular complexity index is 515. The van der Waals surface area contributed by atoms with Crippen molar-refractivity contribution in [1.29, 1.82) is 0 Å². The van der Waals surface area contributed by atoms with Crippen LogP contribution in [0.2, 0.25) is 0 Å². The molecule has 1 rings (SSSR count). The number of esters is 4. The first-order valence-corrected chi connectivity index (χ1v) is 7.66. The molecule has 8 heteroatoms. The van der Waals surface area contributed by atoms with Crippen LogP contribution in [0, 0.1) is 23.7 Å². The zero-order valence-electron chi connectivity index (χ0n) is 14.1. The fourth-order valence-corrected chi connectivity index (χ4v) is 2.92. The molecule has 140 valence electrons. The number of carbonyl (C=O) groups excluding carboxylic acids is 4. The summed E-state index contributed by atoms with van der Waals surface area (Å²) in [5.41, 5.74) is 0. The lowest BCUT2D eigenvalue weighted by atomic mass is 9.68. The van der Waals surface area contributed by atoms with Gasteiger partial charge in [0, 0.05) is 0 Å². The Morgan fingerprint density at radius 2 is 0.731 bits per heavy atom. The van der Waals surface area contributed by atoms with Crippen molar-refractivity contribution in [2.24, 2.45) is 23.7 Å². The molecular weight excluding hydrogens is 344 g/mol. The summed E-state index contributed by atoms with van der Waals surface area (Å²) < 4.78 is 19.0. The number of hydrogen-bond donors (Lipinski definition) is 0.